The molecule has 0 radical (unpaired) electrons. The van der Waals surface area contributed by atoms with Gasteiger partial charge in [-0.15, -0.1) is 0 Å². The van der Waals surface area contributed by atoms with Crippen LogP contribution < -0.4 is 10.1 Å². The maximum Gasteiger partial charge on any atom is 0.342 e. The standard InChI is InChI=1S/C22H27NO4/c1-14-7-6-10-19(15(14)2)23-21(24)13-27-22(25)18-11-16-8-4-5-9-17(16)12-20(18)26-3/h4-5,8-9,11-12,14-15,19H,6-7,10,13H2,1-3H3,(H,23,24)/t14-,15-,19-/m1/s1. The third-order valence-corrected chi connectivity index (χ3v) is 5.68. The number of esters is 1. The van der Waals surface area contributed by atoms with Crippen molar-refractivity contribution >= 4 is 22.6 Å². The normalized spacial score (nSPS) is 22.3. The Morgan fingerprint density at radius 3 is 2.52 bits per heavy atom. The van der Waals surface area contributed by atoms with Gasteiger partial charge >= 0.3 is 5.97 Å². The molecule has 0 heterocycles. The van der Waals surface area contributed by atoms with E-state index in [9.17, 15) is 9.59 Å². The van der Waals surface area contributed by atoms with E-state index in [-0.39, 0.29) is 18.6 Å². The number of fused-ring (bicyclic) bond motifs is 1. The van der Waals surface area contributed by atoms with Gasteiger partial charge in [0.2, 0.25) is 0 Å². The summed E-state index contributed by atoms with van der Waals surface area (Å²) in [6, 6.07) is 11.4. The molecule has 1 N–H and O–H groups in total. The van der Waals surface area contributed by atoms with Crippen LogP contribution in [-0.2, 0) is 9.53 Å². The fourth-order valence-electron chi connectivity index (χ4n) is 3.79. The fourth-order valence-corrected chi connectivity index (χ4v) is 3.79. The Morgan fingerprint density at radius 2 is 1.81 bits per heavy atom. The van der Waals surface area contributed by atoms with Crippen molar-refractivity contribution in [3.8, 4) is 5.75 Å². The summed E-state index contributed by atoms with van der Waals surface area (Å²) in [4.78, 5) is 24.7. The van der Waals surface area contributed by atoms with Crippen molar-refractivity contribution in [2.24, 2.45) is 11.8 Å². The van der Waals surface area contributed by atoms with Crippen LogP contribution in [0, 0.1) is 11.8 Å². The number of rotatable bonds is 5. The maximum absolute atomic E-state index is 12.5. The van der Waals surface area contributed by atoms with Crippen LogP contribution in [-0.4, -0.2) is 31.6 Å². The Morgan fingerprint density at radius 1 is 1.11 bits per heavy atom. The van der Waals surface area contributed by atoms with Crippen molar-refractivity contribution in [2.75, 3.05) is 13.7 Å². The molecular weight excluding hydrogens is 342 g/mol. The van der Waals surface area contributed by atoms with Gasteiger partial charge in [-0.1, -0.05) is 51.0 Å². The Labute approximate surface area is 160 Å². The lowest BCUT2D eigenvalue weighted by Gasteiger charge is -2.34. The summed E-state index contributed by atoms with van der Waals surface area (Å²) in [5.41, 5.74) is 0.323. The number of amides is 1. The second-order valence-corrected chi connectivity index (χ2v) is 7.42. The second kappa shape index (κ2) is 8.42. The van der Waals surface area contributed by atoms with Crippen LogP contribution in [0.1, 0.15) is 43.5 Å². The third kappa shape index (κ3) is 4.41. The van der Waals surface area contributed by atoms with Gasteiger partial charge in [-0.05, 0) is 41.2 Å². The van der Waals surface area contributed by atoms with Crippen molar-refractivity contribution in [2.45, 2.75) is 39.2 Å². The molecule has 5 heteroatoms. The first-order chi connectivity index (χ1) is 13.0. The first-order valence-corrected chi connectivity index (χ1v) is 9.53. The molecule has 2 aromatic rings. The molecule has 1 amide bonds. The first-order valence-electron chi connectivity index (χ1n) is 9.53. The number of carbonyl (C=O) groups is 2. The molecule has 0 aliphatic heterocycles. The molecule has 3 rings (SSSR count). The number of benzene rings is 2. The molecular formula is C22H27NO4. The summed E-state index contributed by atoms with van der Waals surface area (Å²) in [5.74, 6) is 0.646. The Bertz CT molecular complexity index is 832. The summed E-state index contributed by atoms with van der Waals surface area (Å²) in [7, 11) is 1.51. The summed E-state index contributed by atoms with van der Waals surface area (Å²) in [6.45, 7) is 4.10. The van der Waals surface area contributed by atoms with Crippen molar-refractivity contribution < 1.29 is 19.1 Å². The van der Waals surface area contributed by atoms with Gasteiger partial charge in [0, 0.05) is 6.04 Å². The highest BCUT2D eigenvalue weighted by Crippen LogP contribution is 2.29. The summed E-state index contributed by atoms with van der Waals surface area (Å²) in [5, 5.41) is 4.91. The zero-order valence-electron chi connectivity index (χ0n) is 16.2. The van der Waals surface area contributed by atoms with E-state index in [4.69, 9.17) is 9.47 Å². The number of methoxy groups -OCH3 is 1. The average molecular weight is 369 g/mol. The molecule has 0 saturated heterocycles. The van der Waals surface area contributed by atoms with E-state index in [0.717, 1.165) is 23.6 Å². The first kappa shape index (κ1) is 19.2. The molecule has 0 aromatic heterocycles. The highest BCUT2D eigenvalue weighted by atomic mass is 16.5. The predicted octanol–water partition coefficient (Wildman–Crippen LogP) is 3.95. The number of carbonyl (C=O) groups excluding carboxylic acids is 2. The van der Waals surface area contributed by atoms with Gasteiger partial charge in [0.1, 0.15) is 11.3 Å². The van der Waals surface area contributed by atoms with Crippen molar-refractivity contribution in [1.82, 2.24) is 5.32 Å². The minimum Gasteiger partial charge on any atom is -0.496 e. The smallest absolute Gasteiger partial charge is 0.342 e. The van der Waals surface area contributed by atoms with Crippen molar-refractivity contribution in [3.05, 3.63) is 42.0 Å². The van der Waals surface area contributed by atoms with Gasteiger partial charge in [-0.25, -0.2) is 4.79 Å². The van der Waals surface area contributed by atoms with Crippen LogP contribution in [0.5, 0.6) is 5.75 Å². The van der Waals surface area contributed by atoms with Crippen LogP contribution in [0.15, 0.2) is 36.4 Å². The predicted molar refractivity (Wildman–Crippen MR) is 105 cm³/mol. The quantitative estimate of drug-likeness (QED) is 0.811. The zero-order chi connectivity index (χ0) is 19.4. The molecule has 1 aliphatic carbocycles. The van der Waals surface area contributed by atoms with Crippen molar-refractivity contribution in [3.63, 3.8) is 0 Å². The summed E-state index contributed by atoms with van der Waals surface area (Å²) < 4.78 is 10.6. The van der Waals surface area contributed by atoms with Crippen molar-refractivity contribution in [1.29, 1.82) is 0 Å². The van der Waals surface area contributed by atoms with Gasteiger partial charge in [0.25, 0.3) is 5.91 Å². The molecule has 144 valence electrons. The molecule has 1 fully saturated rings. The number of hydrogen-bond donors (Lipinski definition) is 1. The monoisotopic (exact) mass is 369 g/mol. The third-order valence-electron chi connectivity index (χ3n) is 5.68. The number of hydrogen-bond acceptors (Lipinski definition) is 4. The van der Waals surface area contributed by atoms with Gasteiger partial charge in [0.15, 0.2) is 6.61 Å². The van der Waals surface area contributed by atoms with Crippen LogP contribution in [0.2, 0.25) is 0 Å². The molecule has 1 aliphatic rings. The SMILES string of the molecule is COc1cc2ccccc2cc1C(=O)OCC(=O)N[C@@H]1CCC[C@@H](C)[C@H]1C. The van der Waals surface area contributed by atoms with Gasteiger partial charge in [-0.2, -0.15) is 0 Å². The molecule has 0 unspecified atom stereocenters. The van der Waals surface area contributed by atoms with Gasteiger partial charge in [-0.3, -0.25) is 4.79 Å². The molecule has 0 spiro atoms. The van der Waals surface area contributed by atoms with E-state index in [1.165, 1.54) is 13.5 Å². The maximum atomic E-state index is 12.5. The molecule has 3 atom stereocenters. The second-order valence-electron chi connectivity index (χ2n) is 7.42. The van der Waals surface area contributed by atoms with Gasteiger partial charge in [0.05, 0.1) is 7.11 Å². The van der Waals surface area contributed by atoms with Crippen LogP contribution in [0.3, 0.4) is 0 Å². The highest BCUT2D eigenvalue weighted by Gasteiger charge is 2.28. The Kier molecular flexibility index (Phi) is 5.99. The minimum atomic E-state index is -0.558. The van der Waals surface area contributed by atoms with E-state index >= 15 is 0 Å². The molecule has 0 bridgehead atoms. The molecule has 5 nitrogen and oxygen atoms in total. The van der Waals surface area contributed by atoms with Crippen LogP contribution in [0.25, 0.3) is 10.8 Å². The van der Waals surface area contributed by atoms with Crippen LogP contribution in [0.4, 0.5) is 0 Å². The van der Waals surface area contributed by atoms with Crippen LogP contribution >= 0.6 is 0 Å². The largest absolute Gasteiger partial charge is 0.496 e. The number of nitrogens with one attached hydrogen (secondary N) is 1. The fraction of sp³-hybridized carbons (Fsp3) is 0.455. The average Bonchev–Trinajstić information content (AvgIpc) is 2.68. The topological polar surface area (TPSA) is 64.6 Å². The van der Waals surface area contributed by atoms with E-state index in [2.05, 4.69) is 19.2 Å². The Hall–Kier alpha value is -2.56. The van der Waals surface area contributed by atoms with E-state index < -0.39 is 5.97 Å². The van der Waals surface area contributed by atoms with E-state index in [1.54, 1.807) is 12.1 Å². The lowest BCUT2D eigenvalue weighted by Crippen LogP contribution is -2.45. The summed E-state index contributed by atoms with van der Waals surface area (Å²) in [6.07, 6.45) is 3.29. The Balaban J connectivity index is 1.63. The van der Waals surface area contributed by atoms with E-state index in [1.807, 2.05) is 24.3 Å². The summed E-state index contributed by atoms with van der Waals surface area (Å²) >= 11 is 0. The highest BCUT2D eigenvalue weighted by molar-refractivity contribution is 5.99. The van der Waals surface area contributed by atoms with Gasteiger partial charge < -0.3 is 14.8 Å². The van der Waals surface area contributed by atoms with E-state index in [0.29, 0.717) is 23.1 Å². The minimum absolute atomic E-state index is 0.148. The lowest BCUT2D eigenvalue weighted by atomic mass is 9.78. The lowest BCUT2D eigenvalue weighted by molar-refractivity contribution is -0.125. The molecule has 1 saturated carbocycles. The number of ether oxygens (including phenoxy) is 2. The molecule has 27 heavy (non-hydrogen) atoms. The zero-order valence-corrected chi connectivity index (χ0v) is 16.2. The molecule has 2 aromatic carbocycles.